The molecule has 0 saturated heterocycles. The van der Waals surface area contributed by atoms with Gasteiger partial charge in [-0.05, 0) is 56.6 Å². The van der Waals surface area contributed by atoms with Crippen molar-refractivity contribution in [2.75, 3.05) is 0 Å². The number of rotatable bonds is 2. The Balaban J connectivity index is 1.78. The van der Waals surface area contributed by atoms with E-state index < -0.39 is 0 Å². The molecule has 33 heavy (non-hydrogen) atoms. The average Bonchev–Trinajstić information content (AvgIpc) is 2.89. The summed E-state index contributed by atoms with van der Waals surface area (Å²) < 4.78 is 1.11. The van der Waals surface area contributed by atoms with E-state index in [4.69, 9.17) is 0 Å². The van der Waals surface area contributed by atoms with E-state index in [1.807, 2.05) is 0 Å². The second-order valence-electron chi connectivity index (χ2n) is 9.01. The number of benzene rings is 5. The fourth-order valence-electron chi connectivity index (χ4n) is 6.61. The van der Waals surface area contributed by atoms with Gasteiger partial charge in [0.2, 0.25) is 0 Å². The van der Waals surface area contributed by atoms with Gasteiger partial charge in [0.05, 0.1) is 10.8 Å². The predicted molar refractivity (Wildman–Crippen MR) is 138 cm³/mol. The highest BCUT2D eigenvalue weighted by Gasteiger charge is 2.59. The van der Waals surface area contributed by atoms with Gasteiger partial charge < -0.3 is 0 Å². The predicted octanol–water partition coefficient (Wildman–Crippen LogP) is 7.84. The molecule has 0 aliphatic heterocycles. The molecule has 5 aromatic rings. The van der Waals surface area contributed by atoms with Crippen LogP contribution in [0.3, 0.4) is 0 Å². The largest absolute Gasteiger partial charge is 0.0711 e. The van der Waals surface area contributed by atoms with E-state index in [1.54, 1.807) is 0 Å². The zero-order chi connectivity index (χ0) is 22.0. The Morgan fingerprint density at radius 3 is 1.18 bits per heavy atom. The molecule has 0 unspecified atom stereocenters. The van der Waals surface area contributed by atoms with Gasteiger partial charge in [-0.25, -0.2) is 0 Å². The van der Waals surface area contributed by atoms with E-state index in [9.17, 15) is 0 Å². The highest BCUT2D eigenvalue weighted by atomic mass is 79.9. The molecule has 5 aromatic carbocycles. The van der Waals surface area contributed by atoms with Crippen LogP contribution in [0, 0.1) is 0 Å². The van der Waals surface area contributed by atoms with E-state index in [1.165, 1.54) is 44.5 Å². The maximum Gasteiger partial charge on any atom is 0.0711 e. The minimum Gasteiger partial charge on any atom is -0.0622 e. The van der Waals surface area contributed by atoms with Gasteiger partial charge in [-0.1, -0.05) is 131 Å². The van der Waals surface area contributed by atoms with Gasteiger partial charge in [-0.15, -0.1) is 0 Å². The summed E-state index contributed by atoms with van der Waals surface area (Å²) in [5.74, 6) is 0. The molecule has 3 aliphatic rings. The molecule has 0 fully saturated rings. The van der Waals surface area contributed by atoms with Crippen molar-refractivity contribution in [1.29, 1.82) is 0 Å². The topological polar surface area (TPSA) is 0 Å². The van der Waals surface area contributed by atoms with Gasteiger partial charge in [-0.3, -0.25) is 0 Å². The third kappa shape index (κ3) is 2.21. The van der Waals surface area contributed by atoms with Crippen LogP contribution in [-0.4, -0.2) is 0 Å². The smallest absolute Gasteiger partial charge is 0.0622 e. The Hall–Kier alpha value is -3.42. The third-order valence-corrected chi connectivity index (χ3v) is 8.17. The molecule has 0 heterocycles. The normalized spacial score (nSPS) is 21.7. The molecule has 0 N–H and O–H groups in total. The molecule has 1 heteroatoms. The summed E-state index contributed by atoms with van der Waals surface area (Å²) in [5, 5.41) is 0. The molecular formula is C32H21Br. The highest BCUT2D eigenvalue weighted by molar-refractivity contribution is 9.10. The van der Waals surface area contributed by atoms with E-state index in [2.05, 4.69) is 143 Å². The van der Waals surface area contributed by atoms with Crippen LogP contribution >= 0.6 is 15.9 Å². The first-order chi connectivity index (χ1) is 16.3. The van der Waals surface area contributed by atoms with Gasteiger partial charge in [0.1, 0.15) is 0 Å². The van der Waals surface area contributed by atoms with Gasteiger partial charge >= 0.3 is 0 Å². The Labute approximate surface area is 202 Å². The molecule has 0 radical (unpaired) electrons. The van der Waals surface area contributed by atoms with Gasteiger partial charge in [0.25, 0.3) is 0 Å². The molecule has 0 amide bonds. The van der Waals surface area contributed by atoms with Gasteiger partial charge in [-0.2, -0.15) is 0 Å². The van der Waals surface area contributed by atoms with Crippen molar-refractivity contribution in [1.82, 2.24) is 0 Å². The molecule has 0 spiro atoms. The Morgan fingerprint density at radius 1 is 0.364 bits per heavy atom. The second-order valence-corrected chi connectivity index (χ2v) is 9.93. The van der Waals surface area contributed by atoms with Crippen molar-refractivity contribution in [3.63, 3.8) is 0 Å². The minimum atomic E-state index is -0.357. The quantitative estimate of drug-likeness (QED) is 0.234. The SMILES string of the molecule is Brc1ccc2c(c1)C1(c3ccccc3)c3ccccc3C2(c2ccccc2)c2ccccc21. The summed E-state index contributed by atoms with van der Waals surface area (Å²) in [6.45, 7) is 0. The van der Waals surface area contributed by atoms with Crippen LogP contribution in [-0.2, 0) is 10.8 Å². The van der Waals surface area contributed by atoms with Crippen LogP contribution in [0.2, 0.25) is 0 Å². The molecule has 156 valence electrons. The molecule has 2 bridgehead atoms. The van der Waals surface area contributed by atoms with Gasteiger partial charge in [0.15, 0.2) is 0 Å². The van der Waals surface area contributed by atoms with Crippen molar-refractivity contribution >= 4 is 15.9 Å². The molecule has 0 aromatic heterocycles. The van der Waals surface area contributed by atoms with Crippen LogP contribution in [0.5, 0.6) is 0 Å². The van der Waals surface area contributed by atoms with Crippen molar-refractivity contribution in [2.45, 2.75) is 10.8 Å². The minimum absolute atomic E-state index is 0.346. The molecule has 0 saturated carbocycles. The lowest BCUT2D eigenvalue weighted by Gasteiger charge is -2.57. The van der Waals surface area contributed by atoms with Crippen LogP contribution in [0.1, 0.15) is 44.5 Å². The standard InChI is InChI=1S/C32H21Br/c33-24-19-20-29-30(21-24)32(23-13-5-2-6-14-23)27-17-9-7-15-25(27)31(29,22-11-3-1-4-12-22)26-16-8-10-18-28(26)32/h1-21H. The zero-order valence-electron chi connectivity index (χ0n) is 18.0. The van der Waals surface area contributed by atoms with Crippen molar-refractivity contribution in [2.24, 2.45) is 0 Å². The summed E-state index contributed by atoms with van der Waals surface area (Å²) in [6.07, 6.45) is 0. The van der Waals surface area contributed by atoms with Crippen LogP contribution in [0.25, 0.3) is 0 Å². The molecule has 8 rings (SSSR count). The van der Waals surface area contributed by atoms with E-state index >= 15 is 0 Å². The second kappa shape index (κ2) is 6.79. The van der Waals surface area contributed by atoms with E-state index in [-0.39, 0.29) is 10.8 Å². The summed E-state index contributed by atoms with van der Waals surface area (Å²) in [7, 11) is 0. The number of hydrogen-bond donors (Lipinski definition) is 0. The molecular weight excluding hydrogens is 464 g/mol. The first kappa shape index (κ1) is 19.1. The Kier molecular flexibility index (Phi) is 3.93. The van der Waals surface area contributed by atoms with Crippen LogP contribution < -0.4 is 0 Å². The first-order valence-electron chi connectivity index (χ1n) is 11.4. The van der Waals surface area contributed by atoms with Crippen molar-refractivity contribution in [3.05, 3.63) is 176 Å². The Bertz CT molecular complexity index is 1470. The van der Waals surface area contributed by atoms with Crippen LogP contribution in [0.4, 0.5) is 0 Å². The number of hydrogen-bond acceptors (Lipinski definition) is 0. The lowest BCUT2D eigenvalue weighted by molar-refractivity contribution is 0.557. The molecule has 0 nitrogen and oxygen atoms in total. The van der Waals surface area contributed by atoms with Crippen LogP contribution in [0.15, 0.2) is 132 Å². The zero-order valence-corrected chi connectivity index (χ0v) is 19.6. The summed E-state index contributed by atoms with van der Waals surface area (Å²) in [5.41, 5.74) is 10.2. The highest BCUT2D eigenvalue weighted by Crippen LogP contribution is 2.66. The summed E-state index contributed by atoms with van der Waals surface area (Å²) >= 11 is 3.81. The van der Waals surface area contributed by atoms with Gasteiger partial charge in [0, 0.05) is 4.47 Å². The van der Waals surface area contributed by atoms with E-state index in [0.29, 0.717) is 0 Å². The average molecular weight is 485 g/mol. The number of halogens is 1. The summed E-state index contributed by atoms with van der Waals surface area (Å²) in [4.78, 5) is 0. The fourth-order valence-corrected chi connectivity index (χ4v) is 6.97. The monoisotopic (exact) mass is 484 g/mol. The molecule has 0 atom stereocenters. The maximum atomic E-state index is 3.81. The molecule has 3 aliphatic carbocycles. The lowest BCUT2D eigenvalue weighted by Crippen LogP contribution is -2.51. The lowest BCUT2D eigenvalue weighted by atomic mass is 9.44. The van der Waals surface area contributed by atoms with Crippen molar-refractivity contribution < 1.29 is 0 Å². The fraction of sp³-hybridized carbons (Fsp3) is 0.0625. The van der Waals surface area contributed by atoms with Crippen molar-refractivity contribution in [3.8, 4) is 0 Å². The van der Waals surface area contributed by atoms with E-state index in [0.717, 1.165) is 4.47 Å². The Morgan fingerprint density at radius 2 is 0.727 bits per heavy atom. The third-order valence-electron chi connectivity index (χ3n) is 7.67. The first-order valence-corrected chi connectivity index (χ1v) is 12.2. The maximum absolute atomic E-state index is 3.81. The summed E-state index contributed by atoms with van der Waals surface area (Å²) in [6, 6.07) is 47.1.